The SMILES string of the molecule is Cc1ccc(CCC(Cc2ccc(Cl)c(Cl)c2)N2CC3CN(C(=O)c4c(C)ccnc4C)CC3C2)cc1Cl. The van der Waals surface area contributed by atoms with Crippen molar-refractivity contribution in [3.05, 3.63) is 97.2 Å². The molecule has 2 fully saturated rings. The minimum Gasteiger partial charge on any atom is -0.338 e. The van der Waals surface area contributed by atoms with E-state index in [2.05, 4.69) is 34.1 Å². The van der Waals surface area contributed by atoms with Crippen molar-refractivity contribution in [1.82, 2.24) is 14.8 Å². The maximum Gasteiger partial charge on any atom is 0.255 e. The summed E-state index contributed by atoms with van der Waals surface area (Å²) in [6.45, 7) is 9.57. The standard InChI is InChI=1S/C31H34Cl3N3O/c1-19-4-5-22(13-28(19)33)6-8-26(12-23-7-9-27(32)29(34)14-23)36-15-24-17-37(18-25(24)16-36)31(38)30-20(2)10-11-35-21(30)3/h4-5,7,9-11,13-14,24-26H,6,8,12,15-18H2,1-3H3. The lowest BCUT2D eigenvalue weighted by atomic mass is 9.97. The second-order valence-corrected chi connectivity index (χ2v) is 12.2. The van der Waals surface area contributed by atoms with E-state index in [0.717, 1.165) is 72.8 Å². The summed E-state index contributed by atoms with van der Waals surface area (Å²) in [6, 6.07) is 14.6. The second-order valence-electron chi connectivity index (χ2n) is 11.0. The van der Waals surface area contributed by atoms with Gasteiger partial charge in [0.05, 0.1) is 21.3 Å². The molecule has 0 aliphatic carbocycles. The van der Waals surface area contributed by atoms with Crippen LogP contribution in [0.5, 0.6) is 0 Å². The molecule has 200 valence electrons. The minimum absolute atomic E-state index is 0.123. The molecule has 5 rings (SSSR count). The number of halogens is 3. The number of aromatic nitrogens is 1. The van der Waals surface area contributed by atoms with Gasteiger partial charge in [-0.15, -0.1) is 0 Å². The molecule has 38 heavy (non-hydrogen) atoms. The fourth-order valence-electron chi connectivity index (χ4n) is 6.15. The molecule has 2 aromatic carbocycles. The zero-order valence-electron chi connectivity index (χ0n) is 22.2. The second kappa shape index (κ2) is 11.6. The average molecular weight is 571 g/mol. The number of aryl methyl sites for hydroxylation is 4. The third kappa shape index (κ3) is 5.89. The van der Waals surface area contributed by atoms with Crippen molar-refractivity contribution >= 4 is 40.7 Å². The summed E-state index contributed by atoms with van der Waals surface area (Å²) in [5.74, 6) is 1.10. The van der Waals surface area contributed by atoms with Crippen molar-refractivity contribution in [3.8, 4) is 0 Å². The Kier molecular flexibility index (Phi) is 8.35. The van der Waals surface area contributed by atoms with Gasteiger partial charge >= 0.3 is 0 Å². The summed E-state index contributed by atoms with van der Waals surface area (Å²) in [7, 11) is 0. The number of carbonyl (C=O) groups excluding carboxylic acids is 1. The number of pyridine rings is 1. The first kappa shape index (κ1) is 27.5. The molecule has 1 aromatic heterocycles. The molecule has 2 saturated heterocycles. The first-order chi connectivity index (χ1) is 18.2. The van der Waals surface area contributed by atoms with Crippen molar-refractivity contribution in [2.24, 2.45) is 11.8 Å². The lowest BCUT2D eigenvalue weighted by Gasteiger charge is -2.30. The van der Waals surface area contributed by atoms with Crippen LogP contribution in [0.2, 0.25) is 15.1 Å². The van der Waals surface area contributed by atoms with E-state index in [9.17, 15) is 4.79 Å². The Balaban J connectivity index is 1.29. The number of rotatable bonds is 7. The molecule has 2 aliphatic heterocycles. The van der Waals surface area contributed by atoms with Gasteiger partial charge in [-0.2, -0.15) is 0 Å². The van der Waals surface area contributed by atoms with Crippen LogP contribution in [0.4, 0.5) is 0 Å². The summed E-state index contributed by atoms with van der Waals surface area (Å²) >= 11 is 19.0. The van der Waals surface area contributed by atoms with Gasteiger partial charge in [0.2, 0.25) is 0 Å². The molecular weight excluding hydrogens is 537 g/mol. The number of hydrogen-bond donors (Lipinski definition) is 0. The molecular formula is C31H34Cl3N3O. The predicted octanol–water partition coefficient (Wildman–Crippen LogP) is 7.21. The maximum atomic E-state index is 13.4. The molecule has 0 spiro atoms. The zero-order chi connectivity index (χ0) is 27.0. The molecule has 3 unspecified atom stereocenters. The van der Waals surface area contributed by atoms with Crippen LogP contribution in [0.15, 0.2) is 48.7 Å². The van der Waals surface area contributed by atoms with Crippen LogP contribution in [0.1, 0.15) is 44.7 Å². The van der Waals surface area contributed by atoms with Gasteiger partial charge in [-0.25, -0.2) is 0 Å². The number of carbonyl (C=O) groups is 1. The Labute approximate surface area is 240 Å². The Bertz CT molecular complexity index is 1310. The van der Waals surface area contributed by atoms with Crippen molar-refractivity contribution in [2.45, 2.75) is 46.1 Å². The summed E-state index contributed by atoms with van der Waals surface area (Å²) in [4.78, 5) is 22.4. The third-order valence-electron chi connectivity index (χ3n) is 8.34. The van der Waals surface area contributed by atoms with Crippen LogP contribution < -0.4 is 0 Å². The monoisotopic (exact) mass is 569 g/mol. The molecule has 0 radical (unpaired) electrons. The molecule has 3 aromatic rings. The number of likely N-dealkylation sites (tertiary alicyclic amines) is 2. The van der Waals surface area contributed by atoms with Gasteiger partial charge in [0.25, 0.3) is 5.91 Å². The molecule has 4 nitrogen and oxygen atoms in total. The highest BCUT2D eigenvalue weighted by Gasteiger charge is 2.43. The van der Waals surface area contributed by atoms with E-state index in [4.69, 9.17) is 34.8 Å². The first-order valence-corrected chi connectivity index (χ1v) is 14.5. The van der Waals surface area contributed by atoms with Gasteiger partial charge in [-0.1, -0.05) is 53.0 Å². The van der Waals surface area contributed by atoms with E-state index in [-0.39, 0.29) is 5.91 Å². The van der Waals surface area contributed by atoms with Crippen LogP contribution in [-0.4, -0.2) is 52.9 Å². The van der Waals surface area contributed by atoms with Crippen molar-refractivity contribution in [3.63, 3.8) is 0 Å². The van der Waals surface area contributed by atoms with Crippen molar-refractivity contribution in [2.75, 3.05) is 26.2 Å². The van der Waals surface area contributed by atoms with Crippen LogP contribution in [0, 0.1) is 32.6 Å². The summed E-state index contributed by atoms with van der Waals surface area (Å²) in [6.07, 6.45) is 4.67. The number of hydrogen-bond acceptors (Lipinski definition) is 3. The van der Waals surface area contributed by atoms with Gasteiger partial charge in [-0.3, -0.25) is 14.7 Å². The minimum atomic E-state index is 0.123. The number of nitrogens with zero attached hydrogens (tertiary/aromatic N) is 3. The molecule has 1 amide bonds. The normalized spacial score (nSPS) is 20.1. The highest BCUT2D eigenvalue weighted by Crippen LogP contribution is 2.35. The lowest BCUT2D eigenvalue weighted by molar-refractivity contribution is 0.0766. The zero-order valence-corrected chi connectivity index (χ0v) is 24.5. The molecule has 3 heterocycles. The topological polar surface area (TPSA) is 36.4 Å². The van der Waals surface area contributed by atoms with E-state index in [1.807, 2.05) is 43.9 Å². The van der Waals surface area contributed by atoms with Crippen LogP contribution in [-0.2, 0) is 12.8 Å². The maximum absolute atomic E-state index is 13.4. The highest BCUT2D eigenvalue weighted by atomic mass is 35.5. The van der Waals surface area contributed by atoms with E-state index in [0.29, 0.717) is 27.9 Å². The van der Waals surface area contributed by atoms with E-state index in [1.165, 1.54) is 11.1 Å². The van der Waals surface area contributed by atoms with Crippen molar-refractivity contribution in [1.29, 1.82) is 0 Å². The number of fused-ring (bicyclic) bond motifs is 1. The third-order valence-corrected chi connectivity index (χ3v) is 9.48. The number of benzene rings is 2. The van der Waals surface area contributed by atoms with Gasteiger partial charge in [0, 0.05) is 43.4 Å². The predicted molar refractivity (Wildman–Crippen MR) is 157 cm³/mol. The quantitative estimate of drug-likeness (QED) is 0.301. The lowest BCUT2D eigenvalue weighted by Crippen LogP contribution is -2.39. The summed E-state index contributed by atoms with van der Waals surface area (Å²) in [5, 5.41) is 2.01. The average Bonchev–Trinajstić information content (AvgIpc) is 3.45. The van der Waals surface area contributed by atoms with E-state index >= 15 is 0 Å². The van der Waals surface area contributed by atoms with Crippen LogP contribution in [0.25, 0.3) is 0 Å². The van der Waals surface area contributed by atoms with Gasteiger partial charge in [0.15, 0.2) is 0 Å². The van der Waals surface area contributed by atoms with Crippen molar-refractivity contribution < 1.29 is 4.79 Å². The fourth-order valence-corrected chi connectivity index (χ4v) is 6.67. The Hall–Kier alpha value is -2.11. The Morgan fingerprint density at radius 2 is 1.55 bits per heavy atom. The Morgan fingerprint density at radius 1 is 0.868 bits per heavy atom. The fraction of sp³-hybridized carbons (Fsp3) is 0.419. The smallest absolute Gasteiger partial charge is 0.255 e. The van der Waals surface area contributed by atoms with E-state index < -0.39 is 0 Å². The van der Waals surface area contributed by atoms with Gasteiger partial charge < -0.3 is 4.90 Å². The summed E-state index contributed by atoms with van der Waals surface area (Å²) < 4.78 is 0. The van der Waals surface area contributed by atoms with Gasteiger partial charge in [-0.05, 0) is 98.4 Å². The van der Waals surface area contributed by atoms with Crippen LogP contribution >= 0.6 is 34.8 Å². The first-order valence-electron chi connectivity index (χ1n) is 13.3. The number of amides is 1. The Morgan fingerprint density at radius 3 is 2.21 bits per heavy atom. The largest absolute Gasteiger partial charge is 0.338 e. The highest BCUT2D eigenvalue weighted by molar-refractivity contribution is 6.42. The summed E-state index contributed by atoms with van der Waals surface area (Å²) in [5.41, 5.74) is 6.14. The van der Waals surface area contributed by atoms with Gasteiger partial charge in [0.1, 0.15) is 0 Å². The molecule has 0 N–H and O–H groups in total. The molecule has 3 atom stereocenters. The molecule has 0 saturated carbocycles. The van der Waals surface area contributed by atoms with Crippen LogP contribution in [0.3, 0.4) is 0 Å². The molecule has 2 aliphatic rings. The van der Waals surface area contributed by atoms with E-state index in [1.54, 1.807) is 6.20 Å². The molecule has 7 heteroatoms. The molecule has 0 bridgehead atoms.